The lowest BCUT2D eigenvalue weighted by atomic mass is 10.1. The molecule has 2 N–H and O–H groups in total. The molecular formula is C16H18N4O7S2. The van der Waals surface area contributed by atoms with E-state index in [-0.39, 0.29) is 6.61 Å². The van der Waals surface area contributed by atoms with Gasteiger partial charge in [0.15, 0.2) is 28.9 Å². The second kappa shape index (κ2) is 8.39. The van der Waals surface area contributed by atoms with E-state index in [9.17, 15) is 14.4 Å². The van der Waals surface area contributed by atoms with Crippen LogP contribution >= 0.6 is 24.4 Å². The predicted octanol–water partition coefficient (Wildman–Crippen LogP) is 1.48. The molecule has 29 heavy (non-hydrogen) atoms. The molecule has 3 heterocycles. The van der Waals surface area contributed by atoms with E-state index >= 15 is 0 Å². The molecule has 0 spiro atoms. The lowest BCUT2D eigenvalue weighted by Gasteiger charge is -2.23. The van der Waals surface area contributed by atoms with Gasteiger partial charge in [-0.05, 0) is 12.2 Å². The van der Waals surface area contributed by atoms with E-state index in [2.05, 4.69) is 15.0 Å². The quantitative estimate of drug-likeness (QED) is 0.398. The highest BCUT2D eigenvalue weighted by Crippen LogP contribution is 2.36. The third-order valence-electron chi connectivity index (χ3n) is 4.08. The first-order valence-electron chi connectivity index (χ1n) is 8.49. The summed E-state index contributed by atoms with van der Waals surface area (Å²) in [5, 5.41) is 0. The molecule has 0 aliphatic carbocycles. The fourth-order valence-corrected chi connectivity index (χ4v) is 3.66. The monoisotopic (exact) mass is 442 g/mol. The summed E-state index contributed by atoms with van der Waals surface area (Å²) in [5.41, 5.74) is 0.849. The Hall–Kier alpha value is -2.64. The van der Waals surface area contributed by atoms with E-state index in [1.54, 1.807) is 0 Å². The second-order valence-electron chi connectivity index (χ2n) is 6.27. The topological polar surface area (TPSA) is 138 Å². The third kappa shape index (κ3) is 4.52. The summed E-state index contributed by atoms with van der Waals surface area (Å²) < 4.78 is 23.8. The van der Waals surface area contributed by atoms with Gasteiger partial charge >= 0.3 is 17.9 Å². The standard InChI is InChI=1S/C16H18N4O7S2/c1-6(21)24-4-9-11(25-7(2)22)12(26-8(3)23)15(27-9)20-5-17-13-10(20)14(28)19-16(29)18-13/h5,9,11-12,15H,4H2,1-3H3,(H2,18,19,28,29)/t9-,11-,12-,15+/m0/s1. The lowest BCUT2D eigenvalue weighted by molar-refractivity contribution is -0.166. The molecule has 0 amide bonds. The number of hydrogen-bond acceptors (Lipinski definition) is 10. The molecule has 1 saturated heterocycles. The van der Waals surface area contributed by atoms with Gasteiger partial charge in [0.25, 0.3) is 0 Å². The number of nitrogens with zero attached hydrogens (tertiary/aromatic N) is 2. The molecule has 3 rings (SSSR count). The number of esters is 3. The molecular weight excluding hydrogens is 424 g/mol. The average Bonchev–Trinajstić information content (AvgIpc) is 3.14. The Kier molecular flexibility index (Phi) is 6.10. The van der Waals surface area contributed by atoms with Crippen molar-refractivity contribution in [1.29, 1.82) is 0 Å². The number of imidazole rings is 1. The Bertz CT molecular complexity index is 1080. The summed E-state index contributed by atoms with van der Waals surface area (Å²) in [6, 6.07) is 0. The molecule has 0 unspecified atom stereocenters. The first-order valence-corrected chi connectivity index (χ1v) is 9.31. The summed E-state index contributed by atoms with van der Waals surface area (Å²) in [6.45, 7) is 3.46. The van der Waals surface area contributed by atoms with Crippen molar-refractivity contribution in [3.63, 3.8) is 0 Å². The van der Waals surface area contributed by atoms with Crippen LogP contribution in [0.3, 0.4) is 0 Å². The van der Waals surface area contributed by atoms with Crippen LogP contribution in [0.4, 0.5) is 0 Å². The maximum atomic E-state index is 11.7. The molecule has 1 fully saturated rings. The first kappa shape index (κ1) is 21.1. The average molecular weight is 442 g/mol. The van der Waals surface area contributed by atoms with Crippen LogP contribution in [0.15, 0.2) is 6.33 Å². The zero-order valence-corrected chi connectivity index (χ0v) is 17.3. The van der Waals surface area contributed by atoms with E-state index in [1.807, 2.05) is 0 Å². The first-order chi connectivity index (χ1) is 13.7. The third-order valence-corrected chi connectivity index (χ3v) is 4.58. The molecule has 2 aromatic rings. The number of rotatable bonds is 5. The Labute approximate surface area is 174 Å². The summed E-state index contributed by atoms with van der Waals surface area (Å²) in [5.74, 6) is -1.75. The number of aromatic nitrogens is 4. The molecule has 0 bridgehead atoms. The summed E-state index contributed by atoms with van der Waals surface area (Å²) in [7, 11) is 0. The van der Waals surface area contributed by atoms with Crippen LogP contribution in [0.2, 0.25) is 0 Å². The molecule has 2 aromatic heterocycles. The molecule has 0 saturated carbocycles. The van der Waals surface area contributed by atoms with Gasteiger partial charge in [0, 0.05) is 20.8 Å². The van der Waals surface area contributed by atoms with Crippen LogP contribution in [0, 0.1) is 9.41 Å². The van der Waals surface area contributed by atoms with Crippen LogP contribution in [-0.2, 0) is 33.3 Å². The minimum atomic E-state index is -1.04. The Morgan fingerprint density at radius 2 is 1.76 bits per heavy atom. The zero-order chi connectivity index (χ0) is 21.3. The van der Waals surface area contributed by atoms with Crippen molar-refractivity contribution < 1.29 is 33.3 Å². The summed E-state index contributed by atoms with van der Waals surface area (Å²) >= 11 is 10.4. The summed E-state index contributed by atoms with van der Waals surface area (Å²) in [4.78, 5) is 44.5. The normalized spacial score (nSPS) is 23.7. The Morgan fingerprint density at radius 1 is 1.10 bits per heavy atom. The van der Waals surface area contributed by atoms with E-state index in [0.717, 1.165) is 0 Å². The lowest BCUT2D eigenvalue weighted by Crippen LogP contribution is -2.40. The van der Waals surface area contributed by atoms with Crippen LogP contribution in [0.5, 0.6) is 0 Å². The van der Waals surface area contributed by atoms with Gasteiger partial charge in [-0.1, -0.05) is 12.2 Å². The number of H-pyrrole nitrogens is 2. The van der Waals surface area contributed by atoms with Crippen molar-refractivity contribution in [2.45, 2.75) is 45.3 Å². The highest BCUT2D eigenvalue weighted by Gasteiger charge is 2.51. The van der Waals surface area contributed by atoms with Gasteiger partial charge in [0.05, 0.1) is 6.33 Å². The van der Waals surface area contributed by atoms with Crippen molar-refractivity contribution in [1.82, 2.24) is 19.5 Å². The highest BCUT2D eigenvalue weighted by molar-refractivity contribution is 7.72. The fraction of sp³-hybridized carbons (Fsp3) is 0.500. The molecule has 1 aliphatic heterocycles. The van der Waals surface area contributed by atoms with Gasteiger partial charge in [-0.25, -0.2) is 4.98 Å². The van der Waals surface area contributed by atoms with E-state index in [4.69, 9.17) is 43.4 Å². The Morgan fingerprint density at radius 3 is 2.38 bits per heavy atom. The van der Waals surface area contributed by atoms with E-state index in [0.29, 0.717) is 20.6 Å². The smallest absolute Gasteiger partial charge is 0.303 e. The molecule has 0 aromatic carbocycles. The largest absolute Gasteiger partial charge is 0.463 e. The predicted molar refractivity (Wildman–Crippen MR) is 102 cm³/mol. The highest BCUT2D eigenvalue weighted by atomic mass is 32.1. The van der Waals surface area contributed by atoms with E-state index < -0.39 is 42.4 Å². The zero-order valence-electron chi connectivity index (χ0n) is 15.7. The van der Waals surface area contributed by atoms with Gasteiger partial charge in [0.2, 0.25) is 0 Å². The van der Waals surface area contributed by atoms with Crippen molar-refractivity contribution >= 4 is 53.5 Å². The number of carbonyl (C=O) groups excluding carboxylic acids is 3. The van der Waals surface area contributed by atoms with Crippen LogP contribution in [0.25, 0.3) is 11.2 Å². The second-order valence-corrected chi connectivity index (χ2v) is 7.09. The number of ether oxygens (including phenoxy) is 4. The molecule has 11 nitrogen and oxygen atoms in total. The molecule has 13 heteroatoms. The summed E-state index contributed by atoms with van der Waals surface area (Å²) in [6.07, 6.45) is -2.45. The minimum absolute atomic E-state index is 0.205. The van der Waals surface area contributed by atoms with Crippen molar-refractivity contribution in [2.75, 3.05) is 6.61 Å². The van der Waals surface area contributed by atoms with Gasteiger partial charge < -0.3 is 28.9 Å². The SMILES string of the molecule is CC(=O)OC[C@@H]1O[C@@H](n2cnc3[nH]c(=S)[nH]c(=S)c32)[C@@H](OC(C)=O)[C@H]1OC(C)=O. The molecule has 4 atom stereocenters. The van der Waals surface area contributed by atoms with Gasteiger partial charge in [0.1, 0.15) is 22.9 Å². The van der Waals surface area contributed by atoms with Crippen LogP contribution < -0.4 is 0 Å². The number of nitrogens with one attached hydrogen (secondary N) is 2. The van der Waals surface area contributed by atoms with Gasteiger partial charge in [-0.3, -0.25) is 19.0 Å². The molecule has 0 radical (unpaired) electrons. The Balaban J connectivity index is 2.06. The van der Waals surface area contributed by atoms with Crippen LogP contribution in [0.1, 0.15) is 27.0 Å². The van der Waals surface area contributed by atoms with Gasteiger partial charge in [-0.2, -0.15) is 0 Å². The molecule has 1 aliphatic rings. The van der Waals surface area contributed by atoms with Crippen molar-refractivity contribution in [3.8, 4) is 0 Å². The van der Waals surface area contributed by atoms with Crippen molar-refractivity contribution in [3.05, 3.63) is 15.7 Å². The fourth-order valence-electron chi connectivity index (χ4n) is 3.09. The number of aromatic amines is 2. The number of carbonyl (C=O) groups is 3. The van der Waals surface area contributed by atoms with Crippen molar-refractivity contribution in [2.24, 2.45) is 0 Å². The van der Waals surface area contributed by atoms with Crippen LogP contribution in [-0.4, -0.2) is 62.3 Å². The molecule has 156 valence electrons. The maximum absolute atomic E-state index is 11.7. The van der Waals surface area contributed by atoms with Gasteiger partial charge in [-0.15, -0.1) is 0 Å². The minimum Gasteiger partial charge on any atom is -0.463 e. The number of hydrogen-bond donors (Lipinski definition) is 2. The maximum Gasteiger partial charge on any atom is 0.303 e. The number of fused-ring (bicyclic) bond motifs is 1. The van der Waals surface area contributed by atoms with E-state index in [1.165, 1.54) is 31.7 Å².